The third kappa shape index (κ3) is 5.84. The number of nitro groups is 1. The van der Waals surface area contributed by atoms with Crippen molar-refractivity contribution in [3.63, 3.8) is 0 Å². The highest BCUT2D eigenvalue weighted by atomic mass is 16.6. The Labute approximate surface area is 189 Å². The van der Waals surface area contributed by atoms with Crippen LogP contribution in [0.5, 0.6) is 5.75 Å². The lowest BCUT2D eigenvalue weighted by Gasteiger charge is -2.33. The molecule has 2 amide bonds. The van der Waals surface area contributed by atoms with Gasteiger partial charge < -0.3 is 20.1 Å². The molecule has 0 atom stereocenters. The number of hydrogen-bond donors (Lipinski definition) is 1. The lowest BCUT2D eigenvalue weighted by molar-refractivity contribution is -0.384. The van der Waals surface area contributed by atoms with E-state index in [1.54, 1.807) is 25.7 Å². The summed E-state index contributed by atoms with van der Waals surface area (Å²) in [6, 6.07) is 6.22. The van der Waals surface area contributed by atoms with Crippen LogP contribution in [0.15, 0.2) is 35.1 Å². The fourth-order valence-corrected chi connectivity index (χ4v) is 3.26. The van der Waals surface area contributed by atoms with Gasteiger partial charge >= 0.3 is 6.09 Å². The van der Waals surface area contributed by atoms with Crippen molar-refractivity contribution in [2.45, 2.75) is 45.3 Å². The number of non-ortho nitro benzene ring substituents is 1. The van der Waals surface area contributed by atoms with Gasteiger partial charge in [0.25, 0.3) is 17.2 Å². The second-order valence-electron chi connectivity index (χ2n) is 8.53. The molecule has 176 valence electrons. The number of aromatic nitrogens is 2. The molecule has 0 bridgehead atoms. The van der Waals surface area contributed by atoms with Crippen LogP contribution in [0.2, 0.25) is 0 Å². The number of carbonyl (C=O) groups excluding carboxylic acids is 2. The van der Waals surface area contributed by atoms with Crippen molar-refractivity contribution in [2.75, 3.05) is 13.1 Å². The second kappa shape index (κ2) is 9.27. The molecule has 2 heterocycles. The first-order valence-corrected chi connectivity index (χ1v) is 10.3. The van der Waals surface area contributed by atoms with Gasteiger partial charge in [0.1, 0.15) is 11.7 Å². The lowest BCUT2D eigenvalue weighted by atomic mass is 10.1. The Morgan fingerprint density at radius 3 is 2.30 bits per heavy atom. The summed E-state index contributed by atoms with van der Waals surface area (Å²) in [5.74, 6) is -0.951. The van der Waals surface area contributed by atoms with Crippen LogP contribution in [0.4, 0.5) is 10.5 Å². The predicted octanol–water partition coefficient (Wildman–Crippen LogP) is 2.02. The van der Waals surface area contributed by atoms with Gasteiger partial charge in [0.2, 0.25) is 0 Å². The van der Waals surface area contributed by atoms with Crippen LogP contribution in [0.3, 0.4) is 0 Å². The second-order valence-corrected chi connectivity index (χ2v) is 8.53. The number of ether oxygens (including phenoxy) is 2. The lowest BCUT2D eigenvalue weighted by Crippen LogP contribution is -2.44. The van der Waals surface area contributed by atoms with E-state index >= 15 is 0 Å². The first-order valence-electron chi connectivity index (χ1n) is 10.3. The van der Waals surface area contributed by atoms with Gasteiger partial charge in [-0.2, -0.15) is 9.78 Å². The summed E-state index contributed by atoms with van der Waals surface area (Å²) < 4.78 is 12.1. The summed E-state index contributed by atoms with van der Waals surface area (Å²) in [7, 11) is 0. The molecule has 1 aromatic carbocycles. The third-order valence-electron chi connectivity index (χ3n) is 4.82. The molecular weight excluding hydrogens is 434 g/mol. The number of amides is 2. The number of likely N-dealkylation sites (tertiary alicyclic amines) is 1. The SMILES string of the molecule is CC(C)(C)OC(=O)N1CCC(Oc2cc(=O)n(-c3ccc([N+](=O)[O-])cc3)nc2C(N)=O)CC1. The van der Waals surface area contributed by atoms with Gasteiger partial charge in [0.15, 0.2) is 11.4 Å². The van der Waals surface area contributed by atoms with Gasteiger partial charge in [-0.1, -0.05) is 0 Å². The van der Waals surface area contributed by atoms with E-state index in [0.29, 0.717) is 25.9 Å². The normalized spacial score (nSPS) is 14.6. The molecule has 2 N–H and O–H groups in total. The summed E-state index contributed by atoms with van der Waals surface area (Å²) in [5, 5.41) is 14.8. The molecule has 12 heteroatoms. The molecule has 3 rings (SSSR count). The predicted molar refractivity (Wildman–Crippen MR) is 116 cm³/mol. The summed E-state index contributed by atoms with van der Waals surface area (Å²) in [5.41, 5.74) is 4.07. The molecule has 33 heavy (non-hydrogen) atoms. The zero-order valence-electron chi connectivity index (χ0n) is 18.5. The van der Waals surface area contributed by atoms with Gasteiger partial charge in [-0.05, 0) is 32.9 Å². The quantitative estimate of drug-likeness (QED) is 0.525. The summed E-state index contributed by atoms with van der Waals surface area (Å²) in [4.78, 5) is 48.6. The number of nitrogens with zero attached hydrogens (tertiary/aromatic N) is 4. The first kappa shape index (κ1) is 23.7. The smallest absolute Gasteiger partial charge is 0.410 e. The zero-order chi connectivity index (χ0) is 24.3. The summed E-state index contributed by atoms with van der Waals surface area (Å²) >= 11 is 0. The average Bonchev–Trinajstić information content (AvgIpc) is 2.73. The summed E-state index contributed by atoms with van der Waals surface area (Å²) in [6.07, 6.45) is 0.149. The maximum Gasteiger partial charge on any atom is 0.410 e. The highest BCUT2D eigenvalue weighted by Gasteiger charge is 2.29. The van der Waals surface area contributed by atoms with E-state index in [4.69, 9.17) is 15.2 Å². The van der Waals surface area contributed by atoms with Crippen molar-refractivity contribution in [3.8, 4) is 11.4 Å². The number of piperidine rings is 1. The monoisotopic (exact) mass is 459 g/mol. The van der Waals surface area contributed by atoms with Crippen molar-refractivity contribution in [2.24, 2.45) is 5.73 Å². The Balaban J connectivity index is 1.76. The maximum atomic E-state index is 12.6. The van der Waals surface area contributed by atoms with Crippen LogP contribution >= 0.6 is 0 Å². The van der Waals surface area contributed by atoms with Crippen LogP contribution in [-0.2, 0) is 4.74 Å². The Bertz CT molecular complexity index is 1110. The molecule has 0 unspecified atom stereocenters. The van der Waals surface area contributed by atoms with Gasteiger partial charge in [-0.25, -0.2) is 4.79 Å². The first-order chi connectivity index (χ1) is 15.4. The minimum Gasteiger partial charge on any atom is -0.488 e. The fraction of sp³-hybridized carbons (Fsp3) is 0.429. The summed E-state index contributed by atoms with van der Waals surface area (Å²) in [6.45, 7) is 6.14. The van der Waals surface area contributed by atoms with E-state index in [0.717, 1.165) is 10.7 Å². The molecule has 0 saturated carbocycles. The van der Waals surface area contributed by atoms with Crippen LogP contribution in [0.1, 0.15) is 44.1 Å². The molecule has 1 fully saturated rings. The van der Waals surface area contributed by atoms with Crippen LogP contribution < -0.4 is 16.0 Å². The fourth-order valence-electron chi connectivity index (χ4n) is 3.26. The van der Waals surface area contributed by atoms with Gasteiger partial charge in [-0.15, -0.1) is 0 Å². The van der Waals surface area contributed by atoms with Crippen LogP contribution in [-0.4, -0.2) is 56.4 Å². The Hall–Kier alpha value is -3.96. The number of primary amides is 1. The van der Waals surface area contributed by atoms with Gasteiger partial charge in [-0.3, -0.25) is 19.7 Å². The minimum atomic E-state index is -0.896. The van der Waals surface area contributed by atoms with Gasteiger partial charge in [0.05, 0.1) is 16.7 Å². The Kier molecular flexibility index (Phi) is 6.65. The maximum absolute atomic E-state index is 12.6. The van der Waals surface area contributed by atoms with Crippen molar-refractivity contribution < 1.29 is 24.0 Å². The molecule has 1 aliphatic rings. The van der Waals surface area contributed by atoms with Crippen molar-refractivity contribution >= 4 is 17.7 Å². The van der Waals surface area contributed by atoms with Crippen LogP contribution in [0.25, 0.3) is 5.69 Å². The molecule has 2 aromatic rings. The number of nitrogens with two attached hydrogens (primary N) is 1. The Morgan fingerprint density at radius 1 is 1.18 bits per heavy atom. The zero-order valence-corrected chi connectivity index (χ0v) is 18.5. The highest BCUT2D eigenvalue weighted by molar-refractivity contribution is 5.93. The molecule has 1 aromatic heterocycles. The van der Waals surface area contributed by atoms with E-state index in [9.17, 15) is 24.5 Å². The average molecular weight is 459 g/mol. The van der Waals surface area contributed by atoms with Crippen molar-refractivity contribution in [1.82, 2.24) is 14.7 Å². The molecule has 0 aliphatic carbocycles. The topological polar surface area (TPSA) is 160 Å². The van der Waals surface area contributed by atoms with Crippen molar-refractivity contribution in [1.29, 1.82) is 0 Å². The Morgan fingerprint density at radius 2 is 1.79 bits per heavy atom. The molecule has 0 radical (unpaired) electrons. The number of rotatable bonds is 5. The van der Waals surface area contributed by atoms with E-state index in [1.807, 2.05) is 0 Å². The van der Waals surface area contributed by atoms with Crippen LogP contribution in [0, 0.1) is 10.1 Å². The third-order valence-corrected chi connectivity index (χ3v) is 4.82. The highest BCUT2D eigenvalue weighted by Crippen LogP contribution is 2.22. The molecule has 0 spiro atoms. The molecule has 1 aliphatic heterocycles. The number of carbonyl (C=O) groups is 2. The number of nitro benzene ring substituents is 1. The number of benzene rings is 1. The minimum absolute atomic E-state index is 0.0543. The van der Waals surface area contributed by atoms with E-state index in [1.165, 1.54) is 24.3 Å². The number of hydrogen-bond acceptors (Lipinski definition) is 8. The molecular formula is C21H25N5O7. The van der Waals surface area contributed by atoms with E-state index in [2.05, 4.69) is 5.10 Å². The molecule has 1 saturated heterocycles. The van der Waals surface area contributed by atoms with E-state index in [-0.39, 0.29) is 28.9 Å². The van der Waals surface area contributed by atoms with E-state index < -0.39 is 28.1 Å². The van der Waals surface area contributed by atoms with Crippen molar-refractivity contribution in [3.05, 3.63) is 56.5 Å². The molecule has 12 nitrogen and oxygen atoms in total. The standard InChI is InChI=1S/C21H25N5O7/c1-21(2,3)33-20(29)24-10-8-15(9-11-24)32-16-12-17(27)25(23-18(16)19(22)28)13-4-6-14(7-5-13)26(30)31/h4-7,12,15H,8-11H2,1-3H3,(H2,22,28). The largest absolute Gasteiger partial charge is 0.488 e. The van der Waals surface area contributed by atoms with Gasteiger partial charge in [0, 0.05) is 38.1 Å².